The van der Waals surface area contributed by atoms with Gasteiger partial charge in [-0.3, -0.25) is 9.59 Å². The smallest absolute Gasteiger partial charge is 0.309 e. The van der Waals surface area contributed by atoms with Crippen LogP contribution in [0.15, 0.2) is 0 Å². The Morgan fingerprint density at radius 2 is 1.73 bits per heavy atom. The monoisotopic (exact) mass is 366 g/mol. The first-order chi connectivity index (χ1) is 11.9. The molecule has 4 N–H and O–H groups in total. The number of hydrogen-bond acceptors (Lipinski definition) is 5. The Morgan fingerprint density at radius 1 is 1.08 bits per heavy atom. The van der Waals surface area contributed by atoms with Gasteiger partial charge in [0.25, 0.3) is 0 Å². The fourth-order valence-corrected chi connectivity index (χ4v) is 7.72. The van der Waals surface area contributed by atoms with Crippen LogP contribution in [0.5, 0.6) is 0 Å². The predicted molar refractivity (Wildman–Crippen MR) is 92.1 cm³/mol. The molecule has 9 atom stereocenters. The van der Waals surface area contributed by atoms with Gasteiger partial charge in [-0.25, -0.2) is 0 Å². The number of Topliss-reactive ketones (excluding diaryl/α,β-unsaturated/α-hetero) is 1. The Bertz CT molecular complexity index is 677. The Balaban J connectivity index is 1.90. The van der Waals surface area contributed by atoms with Crippen LogP contribution >= 0.6 is 0 Å². The topological polar surface area (TPSA) is 115 Å². The minimum absolute atomic E-state index is 0.125. The van der Waals surface area contributed by atoms with E-state index in [2.05, 4.69) is 0 Å². The molecule has 4 saturated carbocycles. The molecule has 0 heterocycles. The predicted octanol–water partition coefficient (Wildman–Crippen LogP) is 1.36. The molecule has 0 aromatic heterocycles. The second-order valence-electron chi connectivity index (χ2n) is 10.2. The van der Waals surface area contributed by atoms with Gasteiger partial charge in [-0.1, -0.05) is 13.8 Å². The highest BCUT2D eigenvalue weighted by Crippen LogP contribution is 2.72. The number of carboxylic acid groups (broad SMARTS) is 1. The average Bonchev–Trinajstić information content (AvgIpc) is 2.75. The summed E-state index contributed by atoms with van der Waals surface area (Å²) in [6.07, 6.45) is -0.428. The normalized spacial score (nSPS) is 58.8. The summed E-state index contributed by atoms with van der Waals surface area (Å²) in [6.45, 7) is 5.45. The highest BCUT2D eigenvalue weighted by atomic mass is 16.4. The molecular weight excluding hydrogens is 336 g/mol. The molecule has 0 aromatic rings. The maximum absolute atomic E-state index is 12.7. The summed E-state index contributed by atoms with van der Waals surface area (Å²) < 4.78 is 0. The van der Waals surface area contributed by atoms with E-state index in [0.717, 1.165) is 0 Å². The number of rotatable bonds is 1. The highest BCUT2D eigenvalue weighted by Gasteiger charge is 2.75. The summed E-state index contributed by atoms with van der Waals surface area (Å²) in [4.78, 5) is 24.8. The summed E-state index contributed by atoms with van der Waals surface area (Å²) in [7, 11) is 0. The quantitative estimate of drug-likeness (QED) is 0.557. The van der Waals surface area contributed by atoms with Gasteiger partial charge in [0.1, 0.15) is 5.78 Å². The van der Waals surface area contributed by atoms with Crippen molar-refractivity contribution in [3.63, 3.8) is 0 Å². The minimum atomic E-state index is -1.26. The number of carbonyl (C=O) groups is 2. The van der Waals surface area contributed by atoms with E-state index in [-0.39, 0.29) is 24.5 Å². The van der Waals surface area contributed by atoms with Gasteiger partial charge in [-0.2, -0.15) is 0 Å². The molecule has 4 fully saturated rings. The summed E-state index contributed by atoms with van der Waals surface area (Å²) in [5, 5.41) is 43.2. The number of aliphatic hydroxyl groups excluding tert-OH is 3. The summed E-state index contributed by atoms with van der Waals surface area (Å²) in [5.74, 6) is -1.79. The maximum Gasteiger partial charge on any atom is 0.309 e. The van der Waals surface area contributed by atoms with E-state index in [1.54, 1.807) is 6.92 Å². The first-order valence-corrected chi connectivity index (χ1v) is 9.74. The van der Waals surface area contributed by atoms with E-state index in [0.29, 0.717) is 25.7 Å². The fraction of sp³-hybridized carbons (Fsp3) is 0.900. The standard InChI is InChI=1S/C20H30O6/c1-17-6-4-10-19(3)11(21)5-7-18(2,16(25)26)14(19)13(23)15(24)20(10,9-17)8-12(17)22/h10-11,13-15,21,23-24H,4-9H2,1-3H3,(H,25,26)/t10-,11+,13-,14+,15+,17-,18-,19+,20+/m1/s1. The van der Waals surface area contributed by atoms with Crippen LogP contribution in [0.4, 0.5) is 0 Å². The molecule has 4 aliphatic rings. The zero-order valence-electron chi connectivity index (χ0n) is 15.7. The third-order valence-corrected chi connectivity index (χ3v) is 9.07. The number of carboxylic acids is 1. The van der Waals surface area contributed by atoms with Crippen molar-refractivity contribution in [1.82, 2.24) is 0 Å². The van der Waals surface area contributed by atoms with Gasteiger partial charge in [0.15, 0.2) is 0 Å². The molecule has 146 valence electrons. The van der Waals surface area contributed by atoms with Crippen molar-refractivity contribution in [2.24, 2.45) is 33.5 Å². The van der Waals surface area contributed by atoms with Crippen LogP contribution < -0.4 is 0 Å². The van der Waals surface area contributed by atoms with Crippen molar-refractivity contribution in [3.05, 3.63) is 0 Å². The number of hydrogen-bond donors (Lipinski definition) is 4. The zero-order chi connectivity index (χ0) is 19.3. The molecule has 0 radical (unpaired) electrons. The van der Waals surface area contributed by atoms with Crippen LogP contribution in [0, 0.1) is 33.5 Å². The summed E-state index contributed by atoms with van der Waals surface area (Å²) >= 11 is 0. The third kappa shape index (κ3) is 1.83. The lowest BCUT2D eigenvalue weighted by Gasteiger charge is -2.67. The van der Waals surface area contributed by atoms with Gasteiger partial charge in [-0.15, -0.1) is 0 Å². The Kier molecular flexibility index (Phi) is 3.60. The molecule has 4 rings (SSSR count). The van der Waals surface area contributed by atoms with Crippen LogP contribution in [0.2, 0.25) is 0 Å². The number of aliphatic carboxylic acids is 1. The number of carbonyl (C=O) groups excluding carboxylic acids is 1. The second kappa shape index (κ2) is 5.09. The molecule has 2 bridgehead atoms. The lowest BCUT2D eigenvalue weighted by Crippen LogP contribution is -2.72. The van der Waals surface area contributed by atoms with E-state index >= 15 is 0 Å². The van der Waals surface area contributed by atoms with Crippen LogP contribution in [-0.4, -0.2) is 50.5 Å². The van der Waals surface area contributed by atoms with E-state index in [1.807, 2.05) is 13.8 Å². The van der Waals surface area contributed by atoms with Crippen LogP contribution in [0.25, 0.3) is 0 Å². The van der Waals surface area contributed by atoms with Crippen molar-refractivity contribution in [2.45, 2.75) is 77.6 Å². The molecule has 0 aliphatic heterocycles. The molecule has 6 nitrogen and oxygen atoms in total. The van der Waals surface area contributed by atoms with E-state index < -0.39 is 51.9 Å². The van der Waals surface area contributed by atoms with Crippen molar-refractivity contribution < 1.29 is 30.0 Å². The molecule has 4 aliphatic carbocycles. The molecule has 0 saturated heterocycles. The largest absolute Gasteiger partial charge is 0.481 e. The number of aliphatic hydroxyl groups is 3. The Morgan fingerprint density at radius 3 is 2.35 bits per heavy atom. The molecule has 0 aromatic carbocycles. The van der Waals surface area contributed by atoms with Gasteiger partial charge < -0.3 is 20.4 Å². The Labute approximate surface area is 153 Å². The van der Waals surface area contributed by atoms with Crippen LogP contribution in [0.3, 0.4) is 0 Å². The molecule has 1 spiro atoms. The number of fused-ring (bicyclic) bond motifs is 3. The van der Waals surface area contributed by atoms with Gasteiger partial charge in [0.2, 0.25) is 0 Å². The second-order valence-corrected chi connectivity index (χ2v) is 10.2. The van der Waals surface area contributed by atoms with E-state index in [4.69, 9.17) is 0 Å². The first-order valence-electron chi connectivity index (χ1n) is 9.74. The molecular formula is C20H30O6. The van der Waals surface area contributed by atoms with E-state index in [1.165, 1.54) is 0 Å². The summed E-state index contributed by atoms with van der Waals surface area (Å²) in [6, 6.07) is 0. The maximum atomic E-state index is 12.7. The lowest BCUT2D eigenvalue weighted by atomic mass is 9.38. The van der Waals surface area contributed by atoms with Crippen molar-refractivity contribution in [1.29, 1.82) is 0 Å². The van der Waals surface area contributed by atoms with Gasteiger partial charge in [0, 0.05) is 28.6 Å². The first kappa shape index (κ1) is 18.4. The molecule has 26 heavy (non-hydrogen) atoms. The average molecular weight is 366 g/mol. The lowest BCUT2D eigenvalue weighted by molar-refractivity contribution is -0.281. The van der Waals surface area contributed by atoms with Crippen LogP contribution in [-0.2, 0) is 9.59 Å². The Hall–Kier alpha value is -0.980. The highest BCUT2D eigenvalue weighted by molar-refractivity contribution is 5.88. The van der Waals surface area contributed by atoms with Crippen molar-refractivity contribution in [2.75, 3.05) is 0 Å². The third-order valence-electron chi connectivity index (χ3n) is 9.07. The van der Waals surface area contributed by atoms with Crippen LogP contribution in [0.1, 0.15) is 59.3 Å². The van der Waals surface area contributed by atoms with E-state index in [9.17, 15) is 30.0 Å². The fourth-order valence-electron chi connectivity index (χ4n) is 7.72. The van der Waals surface area contributed by atoms with Gasteiger partial charge >= 0.3 is 5.97 Å². The molecule has 0 amide bonds. The van der Waals surface area contributed by atoms with Crippen molar-refractivity contribution in [3.8, 4) is 0 Å². The molecule has 6 heteroatoms. The summed E-state index contributed by atoms with van der Waals surface area (Å²) in [5.41, 5.74) is -3.28. The zero-order valence-corrected chi connectivity index (χ0v) is 15.7. The SMILES string of the molecule is C[C@]12CC[C@H]3[C@](CC1=O)(C2)[C@@H](O)[C@H](O)[C@@H]1[C@]3(C)[C@@H](O)CC[C@@]1(C)C(=O)O. The van der Waals surface area contributed by atoms with Gasteiger partial charge in [-0.05, 0) is 44.9 Å². The number of ketones is 1. The van der Waals surface area contributed by atoms with Crippen molar-refractivity contribution >= 4 is 11.8 Å². The minimum Gasteiger partial charge on any atom is -0.481 e. The van der Waals surface area contributed by atoms with Gasteiger partial charge in [0.05, 0.1) is 23.7 Å². The molecule has 0 unspecified atom stereocenters.